The first-order valence-electron chi connectivity index (χ1n) is 8.61. The van der Waals surface area contributed by atoms with E-state index >= 15 is 0 Å². The Balaban J connectivity index is 1.87. The molecule has 0 radical (unpaired) electrons. The Bertz CT molecular complexity index is 528. The number of ether oxygens (including phenoxy) is 2. The maximum atomic E-state index is 12.0. The average molecular weight is 336 g/mol. The molecule has 0 aromatic heterocycles. The molecule has 24 heavy (non-hydrogen) atoms. The molecule has 0 unspecified atom stereocenters. The average Bonchev–Trinajstić information content (AvgIpc) is 2.60. The van der Waals surface area contributed by atoms with E-state index in [0.29, 0.717) is 24.5 Å². The van der Waals surface area contributed by atoms with E-state index in [1.54, 1.807) is 13.0 Å². The van der Waals surface area contributed by atoms with Crippen LogP contribution in [0, 0.1) is 0 Å². The second-order valence-corrected chi connectivity index (χ2v) is 6.45. The molecule has 0 saturated carbocycles. The first-order chi connectivity index (χ1) is 11.5. The molecule has 2 rings (SSSR count). The lowest BCUT2D eigenvalue weighted by molar-refractivity contribution is -0.0109. The van der Waals surface area contributed by atoms with Crippen LogP contribution >= 0.6 is 0 Å². The van der Waals surface area contributed by atoms with E-state index in [1.807, 2.05) is 25.1 Å². The monoisotopic (exact) mass is 336 g/mol. The first-order valence-corrected chi connectivity index (χ1v) is 8.61. The number of urea groups is 1. The largest absolute Gasteiger partial charge is 0.489 e. The van der Waals surface area contributed by atoms with Crippen molar-refractivity contribution >= 4 is 11.7 Å². The first kappa shape index (κ1) is 18.5. The Morgan fingerprint density at radius 1 is 1.42 bits per heavy atom. The molecule has 1 aliphatic rings. The van der Waals surface area contributed by atoms with Crippen molar-refractivity contribution in [3.63, 3.8) is 0 Å². The minimum atomic E-state index is -0.911. The fraction of sp³-hybridized carbons (Fsp3) is 0.611. The van der Waals surface area contributed by atoms with Crippen LogP contribution in [0.1, 0.15) is 39.5 Å². The molecule has 2 amide bonds. The Morgan fingerprint density at radius 2 is 2.21 bits per heavy atom. The van der Waals surface area contributed by atoms with Gasteiger partial charge in [-0.1, -0.05) is 19.1 Å². The van der Waals surface area contributed by atoms with E-state index in [2.05, 4.69) is 10.6 Å². The van der Waals surface area contributed by atoms with E-state index in [0.717, 1.165) is 25.9 Å². The minimum absolute atomic E-state index is 0.111. The van der Waals surface area contributed by atoms with Gasteiger partial charge in [0.2, 0.25) is 0 Å². The number of hydrogen-bond donors (Lipinski definition) is 3. The van der Waals surface area contributed by atoms with Crippen LogP contribution in [0.3, 0.4) is 0 Å². The fourth-order valence-electron chi connectivity index (χ4n) is 2.38. The number of aliphatic hydroxyl groups is 1. The second-order valence-electron chi connectivity index (χ2n) is 6.45. The molecule has 1 aromatic carbocycles. The third-order valence-corrected chi connectivity index (χ3v) is 4.23. The summed E-state index contributed by atoms with van der Waals surface area (Å²) >= 11 is 0. The van der Waals surface area contributed by atoms with Crippen LogP contribution in [0.25, 0.3) is 0 Å². The zero-order valence-electron chi connectivity index (χ0n) is 14.5. The number of nitrogens with one attached hydrogen (secondary N) is 2. The Hall–Kier alpha value is -1.79. The molecule has 6 nitrogen and oxygen atoms in total. The van der Waals surface area contributed by atoms with Crippen LogP contribution in [-0.4, -0.2) is 42.6 Å². The van der Waals surface area contributed by atoms with Gasteiger partial charge in [-0.15, -0.1) is 0 Å². The molecular formula is C18H28N2O4. The summed E-state index contributed by atoms with van der Waals surface area (Å²) in [6, 6.07) is 6.94. The molecule has 1 fully saturated rings. The number of para-hydroxylation sites is 2. The number of rotatable bonds is 7. The number of anilines is 1. The Labute approximate surface area is 143 Å². The molecule has 1 aromatic rings. The summed E-state index contributed by atoms with van der Waals surface area (Å²) in [7, 11) is 0. The highest BCUT2D eigenvalue weighted by Gasteiger charge is 2.19. The van der Waals surface area contributed by atoms with Gasteiger partial charge in [0.15, 0.2) is 0 Å². The number of benzene rings is 1. The number of amides is 2. The summed E-state index contributed by atoms with van der Waals surface area (Å²) in [5.74, 6) is 0.615. The summed E-state index contributed by atoms with van der Waals surface area (Å²) in [5.41, 5.74) is -0.312. The third kappa shape index (κ3) is 6.02. The summed E-state index contributed by atoms with van der Waals surface area (Å²) in [6.45, 7) is 5.01. The van der Waals surface area contributed by atoms with E-state index in [-0.39, 0.29) is 18.7 Å². The van der Waals surface area contributed by atoms with Crippen LogP contribution in [0.4, 0.5) is 10.5 Å². The van der Waals surface area contributed by atoms with Gasteiger partial charge < -0.3 is 25.2 Å². The maximum absolute atomic E-state index is 12.0. The number of hydrogen-bond acceptors (Lipinski definition) is 4. The van der Waals surface area contributed by atoms with Crippen LogP contribution in [-0.2, 0) is 4.74 Å². The van der Waals surface area contributed by atoms with E-state index in [9.17, 15) is 9.90 Å². The van der Waals surface area contributed by atoms with Gasteiger partial charge in [0.1, 0.15) is 12.4 Å². The van der Waals surface area contributed by atoms with Gasteiger partial charge in [-0.2, -0.15) is 0 Å². The molecule has 0 aliphatic carbocycles. The standard InChI is InChI=1S/C18H28N2O4/c1-3-18(2,22)13-19-17(21)20-15-9-4-5-10-16(15)24-12-14-8-6-7-11-23-14/h4-5,9-10,14,22H,3,6-8,11-13H2,1-2H3,(H2,19,20,21)/t14-,18-/m1/s1. The van der Waals surface area contributed by atoms with Gasteiger partial charge in [0.25, 0.3) is 0 Å². The van der Waals surface area contributed by atoms with Crippen molar-refractivity contribution in [1.82, 2.24) is 5.32 Å². The second kappa shape index (κ2) is 8.89. The smallest absolute Gasteiger partial charge is 0.319 e. The minimum Gasteiger partial charge on any atom is -0.489 e. The highest BCUT2D eigenvalue weighted by atomic mass is 16.5. The van der Waals surface area contributed by atoms with Crippen LogP contribution < -0.4 is 15.4 Å². The van der Waals surface area contributed by atoms with Crippen molar-refractivity contribution in [1.29, 1.82) is 0 Å². The molecule has 3 N–H and O–H groups in total. The third-order valence-electron chi connectivity index (χ3n) is 4.23. The molecule has 1 heterocycles. The van der Waals surface area contributed by atoms with Crippen molar-refractivity contribution in [3.05, 3.63) is 24.3 Å². The molecular weight excluding hydrogens is 308 g/mol. The normalized spacial score (nSPS) is 20.0. The Morgan fingerprint density at radius 3 is 2.92 bits per heavy atom. The lowest BCUT2D eigenvalue weighted by Gasteiger charge is -2.23. The summed E-state index contributed by atoms with van der Waals surface area (Å²) in [4.78, 5) is 12.0. The lowest BCUT2D eigenvalue weighted by Crippen LogP contribution is -2.41. The predicted molar refractivity (Wildman–Crippen MR) is 93.5 cm³/mol. The highest BCUT2D eigenvalue weighted by molar-refractivity contribution is 5.90. The lowest BCUT2D eigenvalue weighted by atomic mass is 10.0. The fourth-order valence-corrected chi connectivity index (χ4v) is 2.38. The van der Waals surface area contributed by atoms with E-state index < -0.39 is 5.60 Å². The van der Waals surface area contributed by atoms with Gasteiger partial charge in [-0.25, -0.2) is 4.79 Å². The zero-order valence-corrected chi connectivity index (χ0v) is 14.5. The van der Waals surface area contributed by atoms with Crippen LogP contribution in [0.2, 0.25) is 0 Å². The van der Waals surface area contributed by atoms with Gasteiger partial charge in [0.05, 0.1) is 17.4 Å². The van der Waals surface area contributed by atoms with E-state index in [1.165, 1.54) is 0 Å². The molecule has 0 spiro atoms. The van der Waals surface area contributed by atoms with Gasteiger partial charge in [-0.05, 0) is 44.7 Å². The molecule has 0 bridgehead atoms. The quantitative estimate of drug-likeness (QED) is 0.715. The van der Waals surface area contributed by atoms with Crippen molar-refractivity contribution < 1.29 is 19.4 Å². The molecule has 1 aliphatic heterocycles. The number of carbonyl (C=O) groups is 1. The molecule has 6 heteroatoms. The predicted octanol–water partition coefficient (Wildman–Crippen LogP) is 2.92. The Kier molecular flexibility index (Phi) is 6.87. The molecule has 134 valence electrons. The van der Waals surface area contributed by atoms with Gasteiger partial charge in [-0.3, -0.25) is 0 Å². The van der Waals surface area contributed by atoms with Crippen molar-refractivity contribution in [2.75, 3.05) is 25.1 Å². The van der Waals surface area contributed by atoms with Crippen LogP contribution in [0.5, 0.6) is 5.75 Å². The maximum Gasteiger partial charge on any atom is 0.319 e. The highest BCUT2D eigenvalue weighted by Crippen LogP contribution is 2.25. The van der Waals surface area contributed by atoms with Gasteiger partial charge >= 0.3 is 6.03 Å². The SMILES string of the molecule is CC[C@@](C)(O)CNC(=O)Nc1ccccc1OC[C@H]1CCCCO1. The zero-order chi connectivity index (χ0) is 17.4. The molecule has 2 atom stereocenters. The number of carbonyl (C=O) groups excluding carboxylic acids is 1. The van der Waals surface area contributed by atoms with E-state index in [4.69, 9.17) is 9.47 Å². The summed E-state index contributed by atoms with van der Waals surface area (Å²) in [6.07, 6.45) is 3.95. The van der Waals surface area contributed by atoms with Crippen molar-refractivity contribution in [2.24, 2.45) is 0 Å². The van der Waals surface area contributed by atoms with Crippen LogP contribution in [0.15, 0.2) is 24.3 Å². The van der Waals surface area contributed by atoms with Crippen molar-refractivity contribution in [3.8, 4) is 5.75 Å². The summed E-state index contributed by atoms with van der Waals surface area (Å²) < 4.78 is 11.5. The van der Waals surface area contributed by atoms with Gasteiger partial charge in [0, 0.05) is 13.2 Å². The summed E-state index contributed by atoms with van der Waals surface area (Å²) in [5, 5.41) is 15.4. The molecule has 1 saturated heterocycles. The topological polar surface area (TPSA) is 79.8 Å². The van der Waals surface area contributed by atoms with Crippen molar-refractivity contribution in [2.45, 2.75) is 51.2 Å².